The van der Waals surface area contributed by atoms with Crippen LogP contribution in [-0.4, -0.2) is 212 Å². The Morgan fingerprint density at radius 1 is 0.902 bits per heavy atom. The first-order chi connectivity index (χ1) is 37.9. The van der Waals surface area contributed by atoms with Gasteiger partial charge in [0, 0.05) is 80.8 Å². The highest BCUT2D eigenvalue weighted by atomic mass is 19.1. The lowest BCUT2D eigenvalue weighted by Gasteiger charge is -2.62. The zero-order valence-electron chi connectivity index (χ0n) is 51.6. The van der Waals surface area contributed by atoms with Gasteiger partial charge >= 0.3 is 5.97 Å². The summed E-state index contributed by atoms with van der Waals surface area (Å²) in [5.41, 5.74) is -12.4. The number of amides is 1. The molecule has 21 heteroatoms. The minimum atomic E-state index is -2.37. The molecule has 470 valence electrons. The van der Waals surface area contributed by atoms with Crippen LogP contribution in [0.4, 0.5) is 8.78 Å². The summed E-state index contributed by atoms with van der Waals surface area (Å²) in [5.74, 6) is -7.45. The van der Waals surface area contributed by atoms with Crippen LogP contribution in [0.5, 0.6) is 0 Å². The second-order valence-corrected chi connectivity index (χ2v) is 27.6. The van der Waals surface area contributed by atoms with Crippen LogP contribution < -0.4 is 5.32 Å². The number of ether oxygens (including phenoxy) is 6. The number of alkyl halides is 1. The van der Waals surface area contributed by atoms with E-state index < -0.39 is 160 Å². The molecule has 1 amide bonds. The average Bonchev–Trinajstić information content (AvgIpc) is 2.67. The number of halogens is 2. The minimum absolute atomic E-state index is 0.0109. The Hall–Kier alpha value is -2.61. The van der Waals surface area contributed by atoms with Crippen molar-refractivity contribution in [2.45, 2.75) is 255 Å². The van der Waals surface area contributed by atoms with E-state index in [0.717, 1.165) is 0 Å². The first-order valence-corrected chi connectivity index (χ1v) is 30.2. The van der Waals surface area contributed by atoms with Crippen LogP contribution in [-0.2, 0) is 42.8 Å². The molecule has 0 radical (unpaired) electrons. The van der Waals surface area contributed by atoms with Crippen LogP contribution in [0.25, 0.3) is 0 Å². The standard InChI is InChI=1S/C61H101F2N3O16/c1-17-45-59(13,75)49(70)36(7)66(22-18-21-64-54(73)61(76)32(3)23-39-40-26-42(62)41-25-38(67)19-20-55(41,9)60(40,63)44(68)28-56(39,61)10)30-31(2)27-57(11,74)51(82-53-47(69)43(65(14)15)24-33(4)78-53)34(5)48(35(6)52(72)80-45)81-46-29-58(12,77-16)50(71)37(8)79-46/h19-20,31-37,39-40,43-51,53,68-71,74-76H,17-18,21-30H2,1-16H3,(H,64,73)/t31-,32-,33-,34+,35-,36-,37?,39?,40?,43-,44+,45-,46-,47-,48?,49-,50-,51?,53+,55+,56+,57-,58+,59-,60+,61+/m1/s1. The Balaban J connectivity index is 1.17. The fourth-order valence-electron chi connectivity index (χ4n) is 16.5. The van der Waals surface area contributed by atoms with E-state index in [1.54, 1.807) is 62.3 Å². The zero-order valence-corrected chi connectivity index (χ0v) is 51.6. The van der Waals surface area contributed by atoms with Crippen molar-refractivity contribution in [1.29, 1.82) is 0 Å². The molecule has 8 N–H and O–H groups in total. The predicted molar refractivity (Wildman–Crippen MR) is 299 cm³/mol. The topological polar surface area (TPSA) is 267 Å². The summed E-state index contributed by atoms with van der Waals surface area (Å²) >= 11 is 0. The quantitative estimate of drug-likeness (QED) is 0.0993. The second-order valence-electron chi connectivity index (χ2n) is 27.6. The van der Waals surface area contributed by atoms with Crippen LogP contribution in [0.3, 0.4) is 0 Å². The predicted octanol–water partition coefficient (Wildman–Crippen LogP) is 4.42. The number of nitrogens with one attached hydrogen (secondary N) is 1. The van der Waals surface area contributed by atoms with Crippen molar-refractivity contribution in [1.82, 2.24) is 15.1 Å². The molecule has 82 heavy (non-hydrogen) atoms. The number of cyclic esters (lactones) is 1. The van der Waals surface area contributed by atoms with Gasteiger partial charge in [0.05, 0.1) is 47.6 Å². The SMILES string of the molecule is CC[C@H]1OC(=O)[C@H](C)C(O[C@@H]2C[C@](C)(OC)[C@H](O)C(C)O2)[C@H](C)C(O[C@@H]2O[C@H](C)C[C@@H](N(C)C)[C@H]2O)[C@](C)(O)C[C@@H](C)CN(CCCNC(=O)[C@@]2(O)[C@H](C)CC3C4CC(F)=C5CC(=O)C=C[C@]5(C)[C@@]4(F)[C@@H](O)C[C@@]32C)[C@H](C)[C@@H](O)[C@]1(C)O. The first kappa shape index (κ1) is 66.9. The van der Waals surface area contributed by atoms with Gasteiger partial charge in [-0.05, 0) is 137 Å². The number of rotatable bonds is 12. The van der Waals surface area contributed by atoms with Crippen molar-refractivity contribution in [3.63, 3.8) is 0 Å². The second kappa shape index (κ2) is 24.5. The van der Waals surface area contributed by atoms with Gasteiger partial charge in [0.1, 0.15) is 35.8 Å². The van der Waals surface area contributed by atoms with Gasteiger partial charge in [-0.3, -0.25) is 19.3 Å². The van der Waals surface area contributed by atoms with E-state index in [9.17, 15) is 50.1 Å². The molecule has 7 aliphatic rings. The van der Waals surface area contributed by atoms with Gasteiger partial charge < -0.3 is 74.4 Å². The largest absolute Gasteiger partial charge is 0.459 e. The number of methoxy groups -OCH3 is 1. The van der Waals surface area contributed by atoms with E-state index in [2.05, 4.69) is 5.32 Å². The number of ketones is 1. The highest BCUT2D eigenvalue weighted by Crippen LogP contribution is 2.71. The molecule has 0 bridgehead atoms. The van der Waals surface area contributed by atoms with Gasteiger partial charge in [-0.1, -0.05) is 40.7 Å². The molecule has 19 nitrogen and oxygen atoms in total. The minimum Gasteiger partial charge on any atom is -0.459 e. The number of aliphatic hydroxyl groups excluding tert-OH is 4. The molecule has 5 fully saturated rings. The van der Waals surface area contributed by atoms with Crippen molar-refractivity contribution < 1.29 is 87.3 Å². The van der Waals surface area contributed by atoms with Gasteiger partial charge in [-0.25, -0.2) is 8.78 Å². The number of likely N-dealkylation sites (N-methyl/N-ethyl adjacent to an activating group) is 1. The summed E-state index contributed by atoms with van der Waals surface area (Å²) in [6.45, 7) is 22.4. The molecular formula is C61H101F2N3O16. The van der Waals surface area contributed by atoms with Gasteiger partial charge in [0.25, 0.3) is 5.91 Å². The fourth-order valence-corrected chi connectivity index (χ4v) is 16.5. The average molecular weight is 1170 g/mol. The Kier molecular flexibility index (Phi) is 20.0. The summed E-state index contributed by atoms with van der Waals surface area (Å²) in [6.07, 6.45) is -9.68. The number of allylic oxidation sites excluding steroid dienone is 4. The summed E-state index contributed by atoms with van der Waals surface area (Å²) in [6, 6.07) is -1.21. The number of carbonyl (C=O) groups is 3. The van der Waals surface area contributed by atoms with Crippen molar-refractivity contribution >= 4 is 17.7 Å². The van der Waals surface area contributed by atoms with E-state index in [1.807, 2.05) is 37.7 Å². The third kappa shape index (κ3) is 11.7. The molecule has 0 aromatic carbocycles. The Labute approximate surface area is 484 Å². The summed E-state index contributed by atoms with van der Waals surface area (Å²) < 4.78 is 72.2. The highest BCUT2D eigenvalue weighted by molar-refractivity contribution is 5.94. The van der Waals surface area contributed by atoms with Crippen LogP contribution in [0.15, 0.2) is 23.6 Å². The van der Waals surface area contributed by atoms with E-state index in [1.165, 1.54) is 33.1 Å². The Morgan fingerprint density at radius 2 is 1.56 bits per heavy atom. The zero-order chi connectivity index (χ0) is 61.4. The summed E-state index contributed by atoms with van der Waals surface area (Å²) in [4.78, 5) is 45.6. The highest BCUT2D eigenvalue weighted by Gasteiger charge is 2.76. The Bertz CT molecular complexity index is 2360. The van der Waals surface area contributed by atoms with Crippen molar-refractivity contribution in [3.8, 4) is 0 Å². The van der Waals surface area contributed by atoms with Crippen LogP contribution >= 0.6 is 0 Å². The molecule has 26 atom stereocenters. The van der Waals surface area contributed by atoms with Gasteiger partial charge in [0.15, 0.2) is 29.6 Å². The lowest BCUT2D eigenvalue weighted by atomic mass is 9.45. The monoisotopic (exact) mass is 1170 g/mol. The maximum absolute atomic E-state index is 17.9. The van der Waals surface area contributed by atoms with Crippen molar-refractivity contribution in [2.24, 2.45) is 46.3 Å². The smallest absolute Gasteiger partial charge is 0.311 e. The van der Waals surface area contributed by atoms with E-state index in [0.29, 0.717) is 6.42 Å². The third-order valence-corrected chi connectivity index (χ3v) is 21.5. The molecule has 5 unspecified atom stereocenters. The molecule has 4 aliphatic carbocycles. The van der Waals surface area contributed by atoms with Gasteiger partial charge in [0.2, 0.25) is 0 Å². The number of aliphatic hydroxyl groups is 7. The maximum Gasteiger partial charge on any atom is 0.311 e. The number of nitrogens with zero attached hydrogens (tertiary/aromatic N) is 2. The number of hydrogen-bond donors (Lipinski definition) is 8. The van der Waals surface area contributed by atoms with Crippen molar-refractivity contribution in [2.75, 3.05) is 40.8 Å². The van der Waals surface area contributed by atoms with E-state index >= 15 is 8.78 Å². The molecule has 0 aromatic heterocycles. The molecule has 0 spiro atoms. The summed E-state index contributed by atoms with van der Waals surface area (Å²) in [7, 11) is 5.17. The normalized spacial score (nSPS) is 50.0. The Morgan fingerprint density at radius 3 is 2.18 bits per heavy atom. The maximum atomic E-state index is 17.9. The van der Waals surface area contributed by atoms with Crippen LogP contribution in [0.2, 0.25) is 0 Å². The number of hydrogen-bond acceptors (Lipinski definition) is 18. The molecule has 7 rings (SSSR count). The lowest BCUT2D eigenvalue weighted by Crippen LogP contribution is -2.70. The number of carbonyl (C=O) groups excluding carboxylic acids is 3. The lowest BCUT2D eigenvalue weighted by molar-refractivity contribution is -0.318. The fraction of sp³-hybridized carbons (Fsp3) is 0.885. The van der Waals surface area contributed by atoms with E-state index in [-0.39, 0.29) is 94.5 Å². The third-order valence-electron chi connectivity index (χ3n) is 21.5. The molecule has 3 saturated heterocycles. The van der Waals surface area contributed by atoms with E-state index in [4.69, 9.17) is 28.4 Å². The van der Waals surface area contributed by atoms with Crippen LogP contribution in [0.1, 0.15) is 148 Å². The van der Waals surface area contributed by atoms with Gasteiger partial charge in [-0.2, -0.15) is 0 Å². The van der Waals surface area contributed by atoms with Gasteiger partial charge in [-0.15, -0.1) is 0 Å². The molecule has 0 aromatic rings. The number of esters is 1. The molecule has 3 heterocycles. The van der Waals surface area contributed by atoms with Crippen LogP contribution in [0, 0.1) is 46.3 Å². The molecule has 3 aliphatic heterocycles. The number of fused-ring (bicyclic) bond motifs is 5. The summed E-state index contributed by atoms with van der Waals surface area (Å²) in [5, 5.41) is 88.3. The first-order valence-electron chi connectivity index (χ1n) is 30.2. The molecular weight excluding hydrogens is 1070 g/mol. The molecule has 2 saturated carbocycles. The van der Waals surface area contributed by atoms with Crippen molar-refractivity contribution in [3.05, 3.63) is 23.6 Å².